The number of aryl methyl sites for hydroxylation is 1. The van der Waals surface area contributed by atoms with Crippen molar-refractivity contribution in [3.63, 3.8) is 0 Å². The van der Waals surface area contributed by atoms with E-state index >= 15 is 0 Å². The molecule has 26 heavy (non-hydrogen) atoms. The van der Waals surface area contributed by atoms with Crippen LogP contribution in [0.5, 0.6) is 0 Å². The first-order valence-electron chi connectivity index (χ1n) is 7.98. The Balaban J connectivity index is 0.00000243. The van der Waals surface area contributed by atoms with Crippen LogP contribution in [0.2, 0.25) is 0 Å². The van der Waals surface area contributed by atoms with Gasteiger partial charge >= 0.3 is 0 Å². The highest BCUT2D eigenvalue weighted by atomic mass is 35.5. The predicted molar refractivity (Wildman–Crippen MR) is 99.4 cm³/mol. The summed E-state index contributed by atoms with van der Waals surface area (Å²) in [5.41, 5.74) is 7.07. The van der Waals surface area contributed by atoms with Gasteiger partial charge in [0.1, 0.15) is 0 Å². The summed E-state index contributed by atoms with van der Waals surface area (Å²) in [6, 6.07) is 5.83. The van der Waals surface area contributed by atoms with Crippen LogP contribution in [0.15, 0.2) is 41.6 Å². The van der Waals surface area contributed by atoms with E-state index in [0.29, 0.717) is 31.6 Å². The molecule has 0 aliphatic carbocycles. The molecule has 0 saturated carbocycles. The van der Waals surface area contributed by atoms with Gasteiger partial charge in [-0.2, -0.15) is 9.40 Å². The number of carbonyl (C=O) groups is 1. The van der Waals surface area contributed by atoms with Crippen LogP contribution in [-0.4, -0.2) is 47.5 Å². The number of halogens is 1. The van der Waals surface area contributed by atoms with Gasteiger partial charge in [-0.05, 0) is 30.7 Å². The van der Waals surface area contributed by atoms with Crippen molar-refractivity contribution in [3.8, 4) is 0 Å². The molecule has 1 fully saturated rings. The molecule has 1 aliphatic heterocycles. The fourth-order valence-electron chi connectivity index (χ4n) is 2.75. The zero-order valence-corrected chi connectivity index (χ0v) is 16.0. The van der Waals surface area contributed by atoms with Crippen molar-refractivity contribution >= 4 is 28.3 Å². The molecule has 3 rings (SSSR count). The van der Waals surface area contributed by atoms with E-state index in [0.717, 1.165) is 5.56 Å². The molecule has 1 aromatic carbocycles. The highest BCUT2D eigenvalue weighted by Crippen LogP contribution is 2.20. The zero-order valence-electron chi connectivity index (χ0n) is 14.3. The largest absolute Gasteiger partial charge is 0.348 e. The predicted octanol–water partition coefficient (Wildman–Crippen LogP) is 0.494. The van der Waals surface area contributed by atoms with Crippen LogP contribution in [0.25, 0.3) is 0 Å². The molecule has 142 valence electrons. The minimum Gasteiger partial charge on any atom is -0.348 e. The molecule has 0 radical (unpaired) electrons. The second kappa shape index (κ2) is 8.17. The molecule has 0 bridgehead atoms. The highest BCUT2D eigenvalue weighted by molar-refractivity contribution is 7.89. The average Bonchev–Trinajstić information content (AvgIpc) is 3.21. The monoisotopic (exact) mass is 399 g/mol. The van der Waals surface area contributed by atoms with Crippen molar-refractivity contribution in [2.75, 3.05) is 13.1 Å². The molecule has 0 unspecified atom stereocenters. The SMILES string of the molecule is Cl.Cn1cc(CNC(=O)c2ccc(S(=O)(=O)N3CC[C@H](N)C3)cc2)cn1. The molecule has 1 amide bonds. The Morgan fingerprint density at radius 3 is 2.58 bits per heavy atom. The van der Waals surface area contributed by atoms with Crippen LogP contribution >= 0.6 is 12.4 Å². The number of nitrogens with two attached hydrogens (primary N) is 1. The number of hydrogen-bond donors (Lipinski definition) is 2. The van der Waals surface area contributed by atoms with Crippen molar-refractivity contribution in [3.05, 3.63) is 47.8 Å². The second-order valence-electron chi connectivity index (χ2n) is 6.14. The van der Waals surface area contributed by atoms with E-state index in [1.54, 1.807) is 17.9 Å². The minimum atomic E-state index is -3.56. The van der Waals surface area contributed by atoms with Gasteiger partial charge in [-0.3, -0.25) is 9.48 Å². The molecular weight excluding hydrogens is 378 g/mol. The van der Waals surface area contributed by atoms with Gasteiger partial charge in [0.25, 0.3) is 5.91 Å². The number of aromatic nitrogens is 2. The van der Waals surface area contributed by atoms with Crippen LogP contribution in [-0.2, 0) is 23.6 Å². The number of hydrogen-bond acceptors (Lipinski definition) is 5. The summed E-state index contributed by atoms with van der Waals surface area (Å²) < 4.78 is 28.1. The smallest absolute Gasteiger partial charge is 0.251 e. The molecule has 2 heterocycles. The molecule has 0 spiro atoms. The second-order valence-corrected chi connectivity index (χ2v) is 8.08. The highest BCUT2D eigenvalue weighted by Gasteiger charge is 2.30. The third-order valence-electron chi connectivity index (χ3n) is 4.15. The van der Waals surface area contributed by atoms with Crippen molar-refractivity contribution in [1.82, 2.24) is 19.4 Å². The molecule has 1 aliphatic rings. The first-order valence-corrected chi connectivity index (χ1v) is 9.42. The van der Waals surface area contributed by atoms with Crippen LogP contribution in [0.3, 0.4) is 0 Å². The summed E-state index contributed by atoms with van der Waals surface area (Å²) in [7, 11) is -1.75. The summed E-state index contributed by atoms with van der Waals surface area (Å²) >= 11 is 0. The van der Waals surface area contributed by atoms with E-state index in [1.165, 1.54) is 28.6 Å². The summed E-state index contributed by atoms with van der Waals surface area (Å²) in [5.74, 6) is -0.268. The van der Waals surface area contributed by atoms with Gasteiger partial charge in [0.05, 0.1) is 11.1 Å². The molecule has 10 heteroatoms. The Bertz CT molecular complexity index is 866. The minimum absolute atomic E-state index is 0. The van der Waals surface area contributed by atoms with Crippen molar-refractivity contribution in [2.45, 2.75) is 23.9 Å². The summed E-state index contributed by atoms with van der Waals surface area (Å²) in [4.78, 5) is 12.3. The number of carbonyl (C=O) groups excluding carboxylic acids is 1. The van der Waals surface area contributed by atoms with E-state index in [1.807, 2.05) is 6.20 Å². The number of sulfonamides is 1. The van der Waals surface area contributed by atoms with Crippen molar-refractivity contribution in [1.29, 1.82) is 0 Å². The van der Waals surface area contributed by atoms with E-state index in [2.05, 4.69) is 10.4 Å². The average molecular weight is 400 g/mol. The van der Waals surface area contributed by atoms with E-state index < -0.39 is 10.0 Å². The summed E-state index contributed by atoms with van der Waals surface area (Å²) in [5, 5.41) is 6.81. The normalized spacial score (nSPS) is 17.7. The van der Waals surface area contributed by atoms with Crippen LogP contribution in [0.4, 0.5) is 0 Å². The maximum Gasteiger partial charge on any atom is 0.251 e. The number of nitrogens with zero attached hydrogens (tertiary/aromatic N) is 3. The lowest BCUT2D eigenvalue weighted by molar-refractivity contribution is 0.0951. The third-order valence-corrected chi connectivity index (χ3v) is 6.03. The fraction of sp³-hybridized carbons (Fsp3) is 0.375. The van der Waals surface area contributed by atoms with Crippen LogP contribution in [0.1, 0.15) is 22.3 Å². The third kappa shape index (κ3) is 4.42. The van der Waals surface area contributed by atoms with Gasteiger partial charge in [0.15, 0.2) is 0 Å². The Labute approximate surface area is 158 Å². The Hall–Kier alpha value is -1.94. The van der Waals surface area contributed by atoms with Gasteiger partial charge in [-0.25, -0.2) is 8.42 Å². The van der Waals surface area contributed by atoms with Crippen LogP contribution < -0.4 is 11.1 Å². The number of rotatable bonds is 5. The lowest BCUT2D eigenvalue weighted by Gasteiger charge is -2.16. The fourth-order valence-corrected chi connectivity index (χ4v) is 4.26. The lowest BCUT2D eigenvalue weighted by atomic mass is 10.2. The van der Waals surface area contributed by atoms with Crippen molar-refractivity contribution < 1.29 is 13.2 Å². The molecule has 8 nitrogen and oxygen atoms in total. The zero-order chi connectivity index (χ0) is 18.0. The standard InChI is InChI=1S/C16H21N5O3S.ClH/c1-20-10-12(9-19-20)8-18-16(22)13-2-4-15(5-3-13)25(23,24)21-7-6-14(17)11-21;/h2-5,9-10,14H,6-8,11,17H2,1H3,(H,18,22);1H/t14-;/m0./s1. The first kappa shape index (κ1) is 20.4. The molecule has 1 atom stereocenters. The lowest BCUT2D eigenvalue weighted by Crippen LogP contribution is -2.32. The quantitative estimate of drug-likeness (QED) is 0.760. The molecule has 1 aromatic heterocycles. The number of benzene rings is 1. The topological polar surface area (TPSA) is 110 Å². The molecular formula is C16H22ClN5O3S. The Kier molecular flexibility index (Phi) is 6.40. The van der Waals surface area contributed by atoms with E-state index in [-0.39, 0.29) is 29.3 Å². The van der Waals surface area contributed by atoms with Gasteiger partial charge < -0.3 is 11.1 Å². The maximum atomic E-state index is 12.5. The number of nitrogens with one attached hydrogen (secondary N) is 1. The number of amides is 1. The van der Waals surface area contributed by atoms with Gasteiger partial charge in [-0.1, -0.05) is 0 Å². The van der Waals surface area contributed by atoms with Crippen molar-refractivity contribution in [2.24, 2.45) is 12.8 Å². The van der Waals surface area contributed by atoms with Gasteiger partial charge in [-0.15, -0.1) is 12.4 Å². The molecule has 3 N–H and O–H groups in total. The summed E-state index contributed by atoms with van der Waals surface area (Å²) in [6.45, 7) is 1.12. The Morgan fingerprint density at radius 1 is 1.35 bits per heavy atom. The summed E-state index contributed by atoms with van der Waals surface area (Å²) in [6.07, 6.45) is 4.15. The first-order chi connectivity index (χ1) is 11.9. The van der Waals surface area contributed by atoms with E-state index in [4.69, 9.17) is 5.73 Å². The Morgan fingerprint density at radius 2 is 2.04 bits per heavy atom. The van der Waals surface area contributed by atoms with Gasteiger partial charge in [0, 0.05) is 50.0 Å². The van der Waals surface area contributed by atoms with E-state index in [9.17, 15) is 13.2 Å². The molecule has 1 saturated heterocycles. The molecule has 2 aromatic rings. The van der Waals surface area contributed by atoms with Gasteiger partial charge in [0.2, 0.25) is 10.0 Å². The van der Waals surface area contributed by atoms with Crippen LogP contribution in [0, 0.1) is 0 Å². The maximum absolute atomic E-state index is 12.5.